The molecular formula is C14H20N2OS. The molecule has 1 unspecified atom stereocenters. The Morgan fingerprint density at radius 2 is 2.06 bits per heavy atom. The maximum atomic E-state index is 5.64. The van der Waals surface area contributed by atoms with Gasteiger partial charge in [-0.3, -0.25) is 4.90 Å². The molecule has 0 bridgehead atoms. The smallest absolute Gasteiger partial charge is 0.120 e. The fraction of sp³-hybridized carbons (Fsp3) is 0.500. The molecule has 0 spiro atoms. The summed E-state index contributed by atoms with van der Waals surface area (Å²) in [5.74, 6) is 0. The number of hydrogen-bond donors (Lipinski definition) is 1. The lowest BCUT2D eigenvalue weighted by Gasteiger charge is -2.32. The van der Waals surface area contributed by atoms with Crippen LogP contribution >= 0.6 is 12.2 Å². The van der Waals surface area contributed by atoms with Crippen molar-refractivity contribution >= 4 is 17.2 Å². The van der Waals surface area contributed by atoms with Gasteiger partial charge in [0, 0.05) is 19.6 Å². The number of morpholine rings is 1. The fourth-order valence-corrected chi connectivity index (χ4v) is 2.30. The Morgan fingerprint density at radius 1 is 1.39 bits per heavy atom. The van der Waals surface area contributed by atoms with Gasteiger partial charge in [0.05, 0.1) is 6.61 Å². The number of thiocarbonyl (C=S) groups is 1. The normalized spacial score (nSPS) is 20.8. The first-order valence-corrected chi connectivity index (χ1v) is 6.81. The van der Waals surface area contributed by atoms with Crippen LogP contribution in [0, 0.1) is 0 Å². The molecular weight excluding hydrogens is 244 g/mol. The summed E-state index contributed by atoms with van der Waals surface area (Å²) in [6.45, 7) is 5.55. The van der Waals surface area contributed by atoms with E-state index in [0.29, 0.717) is 11.6 Å². The number of hydrogen-bond acceptors (Lipinski definition) is 3. The molecule has 0 amide bonds. The van der Waals surface area contributed by atoms with Gasteiger partial charge in [0.1, 0.15) is 11.1 Å². The van der Waals surface area contributed by atoms with Crippen LogP contribution in [0.2, 0.25) is 0 Å². The van der Waals surface area contributed by atoms with Gasteiger partial charge < -0.3 is 10.5 Å². The fourth-order valence-electron chi connectivity index (χ4n) is 2.16. The molecule has 0 saturated carbocycles. The zero-order valence-electron chi connectivity index (χ0n) is 10.8. The lowest BCUT2D eigenvalue weighted by Crippen LogP contribution is -2.47. The highest BCUT2D eigenvalue weighted by Gasteiger charge is 2.22. The van der Waals surface area contributed by atoms with Crippen LogP contribution in [0.1, 0.15) is 18.1 Å². The summed E-state index contributed by atoms with van der Waals surface area (Å²) in [7, 11) is 0. The molecule has 1 aliphatic rings. The van der Waals surface area contributed by atoms with Gasteiger partial charge in [-0.2, -0.15) is 0 Å². The number of benzene rings is 1. The molecule has 3 nitrogen and oxygen atoms in total. The predicted molar refractivity (Wildman–Crippen MR) is 77.6 cm³/mol. The van der Waals surface area contributed by atoms with Gasteiger partial charge in [-0.05, 0) is 17.5 Å². The minimum atomic E-state index is -0.0938. The van der Waals surface area contributed by atoms with Crippen LogP contribution in [0.4, 0.5) is 0 Å². The zero-order chi connectivity index (χ0) is 13.0. The van der Waals surface area contributed by atoms with E-state index in [2.05, 4.69) is 36.1 Å². The summed E-state index contributed by atoms with van der Waals surface area (Å²) < 4.78 is 5.54. The lowest BCUT2D eigenvalue weighted by atomic mass is 10.1. The van der Waals surface area contributed by atoms with E-state index in [-0.39, 0.29) is 6.10 Å². The van der Waals surface area contributed by atoms with Crippen molar-refractivity contribution in [1.29, 1.82) is 0 Å². The standard InChI is InChI=1S/C14H20N2OS/c1-2-11-3-5-12(6-4-11)9-16-7-8-17-13(10-16)14(15)18/h3-6,13H,2,7-10H2,1H3,(H2,15,18). The van der Waals surface area contributed by atoms with Crippen molar-refractivity contribution in [3.8, 4) is 0 Å². The molecule has 1 aliphatic heterocycles. The molecule has 2 N–H and O–H groups in total. The molecule has 0 radical (unpaired) electrons. The zero-order valence-corrected chi connectivity index (χ0v) is 11.6. The van der Waals surface area contributed by atoms with Gasteiger partial charge >= 0.3 is 0 Å². The molecule has 1 fully saturated rings. The van der Waals surface area contributed by atoms with Crippen molar-refractivity contribution in [2.75, 3.05) is 19.7 Å². The van der Waals surface area contributed by atoms with Crippen LogP contribution < -0.4 is 5.73 Å². The number of nitrogens with two attached hydrogens (primary N) is 1. The molecule has 1 saturated heterocycles. The summed E-state index contributed by atoms with van der Waals surface area (Å²) in [4.78, 5) is 2.80. The van der Waals surface area contributed by atoms with Crippen LogP contribution in [0.15, 0.2) is 24.3 Å². The van der Waals surface area contributed by atoms with Crippen molar-refractivity contribution in [2.45, 2.75) is 26.0 Å². The van der Waals surface area contributed by atoms with E-state index in [1.807, 2.05) is 0 Å². The number of ether oxygens (including phenoxy) is 1. The summed E-state index contributed by atoms with van der Waals surface area (Å²) >= 11 is 4.99. The molecule has 1 heterocycles. The second-order valence-corrected chi connectivity index (χ2v) is 5.14. The molecule has 1 aromatic carbocycles. The molecule has 2 rings (SSSR count). The van der Waals surface area contributed by atoms with E-state index in [9.17, 15) is 0 Å². The highest BCUT2D eigenvalue weighted by Crippen LogP contribution is 2.12. The first-order valence-electron chi connectivity index (χ1n) is 6.40. The molecule has 0 aliphatic carbocycles. The summed E-state index contributed by atoms with van der Waals surface area (Å²) in [5, 5.41) is 0. The van der Waals surface area contributed by atoms with Gasteiger partial charge in [0.2, 0.25) is 0 Å². The Balaban J connectivity index is 1.93. The van der Waals surface area contributed by atoms with Crippen molar-refractivity contribution in [2.24, 2.45) is 5.73 Å². The van der Waals surface area contributed by atoms with Gasteiger partial charge in [-0.1, -0.05) is 43.4 Å². The Kier molecular flexibility index (Phi) is 4.69. The summed E-state index contributed by atoms with van der Waals surface area (Å²) in [6, 6.07) is 8.79. The van der Waals surface area contributed by atoms with Gasteiger partial charge in [0.25, 0.3) is 0 Å². The summed E-state index contributed by atoms with van der Waals surface area (Å²) in [5.41, 5.74) is 8.35. The maximum Gasteiger partial charge on any atom is 0.120 e. The number of rotatable bonds is 4. The van der Waals surface area contributed by atoms with Crippen LogP contribution in [-0.2, 0) is 17.7 Å². The molecule has 98 valence electrons. The SMILES string of the molecule is CCc1ccc(CN2CCOC(C(N)=S)C2)cc1. The van der Waals surface area contributed by atoms with Crippen LogP contribution in [-0.4, -0.2) is 35.7 Å². The van der Waals surface area contributed by atoms with Gasteiger partial charge in [-0.25, -0.2) is 0 Å². The third kappa shape index (κ3) is 3.51. The van der Waals surface area contributed by atoms with E-state index in [1.165, 1.54) is 11.1 Å². The minimum Gasteiger partial charge on any atom is -0.391 e. The van der Waals surface area contributed by atoms with Crippen LogP contribution in [0.3, 0.4) is 0 Å². The molecule has 1 atom stereocenters. The van der Waals surface area contributed by atoms with E-state index in [0.717, 1.165) is 26.1 Å². The van der Waals surface area contributed by atoms with E-state index in [4.69, 9.17) is 22.7 Å². The second kappa shape index (κ2) is 6.27. The highest BCUT2D eigenvalue weighted by molar-refractivity contribution is 7.80. The Hall–Kier alpha value is -0.970. The molecule has 18 heavy (non-hydrogen) atoms. The van der Waals surface area contributed by atoms with E-state index in [1.54, 1.807) is 0 Å². The van der Waals surface area contributed by atoms with Crippen molar-refractivity contribution in [3.05, 3.63) is 35.4 Å². The summed E-state index contributed by atoms with van der Waals surface area (Å²) in [6.07, 6.45) is 0.991. The van der Waals surface area contributed by atoms with Crippen LogP contribution in [0.5, 0.6) is 0 Å². The first-order chi connectivity index (χ1) is 8.69. The second-order valence-electron chi connectivity index (χ2n) is 4.67. The predicted octanol–water partition coefficient (Wildman–Crippen LogP) is 1.74. The van der Waals surface area contributed by atoms with Crippen molar-refractivity contribution in [1.82, 2.24) is 4.90 Å². The number of aryl methyl sites for hydroxylation is 1. The molecule has 0 aromatic heterocycles. The Labute approximate surface area is 114 Å². The number of nitrogens with zero attached hydrogens (tertiary/aromatic N) is 1. The van der Waals surface area contributed by atoms with Crippen molar-refractivity contribution < 1.29 is 4.74 Å². The largest absolute Gasteiger partial charge is 0.391 e. The Bertz CT molecular complexity index is 405. The first kappa shape index (κ1) is 13.5. The topological polar surface area (TPSA) is 38.5 Å². The minimum absolute atomic E-state index is 0.0938. The average Bonchev–Trinajstić information content (AvgIpc) is 2.40. The van der Waals surface area contributed by atoms with E-state index < -0.39 is 0 Å². The maximum absolute atomic E-state index is 5.64. The quantitative estimate of drug-likeness (QED) is 0.841. The highest BCUT2D eigenvalue weighted by atomic mass is 32.1. The van der Waals surface area contributed by atoms with Crippen LogP contribution in [0.25, 0.3) is 0 Å². The Morgan fingerprint density at radius 3 is 2.67 bits per heavy atom. The third-order valence-electron chi connectivity index (χ3n) is 3.31. The van der Waals surface area contributed by atoms with E-state index >= 15 is 0 Å². The lowest BCUT2D eigenvalue weighted by molar-refractivity contribution is 0.00391. The van der Waals surface area contributed by atoms with Gasteiger partial charge in [-0.15, -0.1) is 0 Å². The average molecular weight is 264 g/mol. The monoisotopic (exact) mass is 264 g/mol. The van der Waals surface area contributed by atoms with Crippen molar-refractivity contribution in [3.63, 3.8) is 0 Å². The third-order valence-corrected chi connectivity index (χ3v) is 3.57. The molecule has 1 aromatic rings. The van der Waals surface area contributed by atoms with Gasteiger partial charge in [0.15, 0.2) is 0 Å². The molecule has 4 heteroatoms.